The van der Waals surface area contributed by atoms with Gasteiger partial charge in [0.1, 0.15) is 6.10 Å². The number of carbonyl (C=O) groups excluding carboxylic acids is 1. The summed E-state index contributed by atoms with van der Waals surface area (Å²) in [5.74, 6) is -0.297. The molecule has 0 amide bonds. The van der Waals surface area contributed by atoms with Crippen molar-refractivity contribution in [1.29, 1.82) is 0 Å². The number of carboxylic acid groups (broad SMARTS) is 1. The molecule has 194 valence electrons. The number of aliphatic hydroxyl groups excluding tert-OH is 3. The summed E-state index contributed by atoms with van der Waals surface area (Å²) in [5.41, 5.74) is 4.85. The highest BCUT2D eigenvalue weighted by atomic mass is 16.5. The Morgan fingerprint density at radius 3 is 2.33 bits per heavy atom. The van der Waals surface area contributed by atoms with Crippen LogP contribution in [0.5, 0.6) is 0 Å². The summed E-state index contributed by atoms with van der Waals surface area (Å²) >= 11 is 0. The fraction of sp³-hybridized carbons (Fsp3) is 0.920. The van der Waals surface area contributed by atoms with Gasteiger partial charge in [-0.1, -0.05) is 34.1 Å². The monoisotopic (exact) mass is 473 g/mol. The second-order valence-electron chi connectivity index (χ2n) is 10.1. The third kappa shape index (κ3) is 9.89. The topological polar surface area (TPSA) is 150 Å². The van der Waals surface area contributed by atoms with E-state index in [9.17, 15) is 24.9 Å². The fourth-order valence-electron chi connectivity index (χ4n) is 5.47. The van der Waals surface area contributed by atoms with E-state index in [1.165, 1.54) is 0 Å². The van der Waals surface area contributed by atoms with Gasteiger partial charge >= 0.3 is 11.9 Å². The molecule has 2 saturated carbocycles. The molecule has 33 heavy (non-hydrogen) atoms. The molecule has 0 heterocycles. The van der Waals surface area contributed by atoms with E-state index < -0.39 is 24.3 Å². The van der Waals surface area contributed by atoms with E-state index >= 15 is 0 Å². The molecule has 0 radical (unpaired) electrons. The van der Waals surface area contributed by atoms with E-state index in [0.717, 1.165) is 32.2 Å². The number of ether oxygens (including phenoxy) is 1. The van der Waals surface area contributed by atoms with Gasteiger partial charge in [-0.3, -0.25) is 9.59 Å². The number of fused-ring (bicyclic) bond motifs is 1. The smallest absolute Gasteiger partial charge is 0.308 e. The molecular weight excluding hydrogens is 426 g/mol. The number of esters is 1. The highest BCUT2D eigenvalue weighted by Gasteiger charge is 2.47. The lowest BCUT2D eigenvalue weighted by Gasteiger charge is -2.49. The summed E-state index contributed by atoms with van der Waals surface area (Å²) < 4.78 is 5.91. The highest BCUT2D eigenvalue weighted by Crippen LogP contribution is 2.49. The van der Waals surface area contributed by atoms with E-state index in [1.807, 2.05) is 20.8 Å². The van der Waals surface area contributed by atoms with Gasteiger partial charge < -0.3 is 30.9 Å². The first-order chi connectivity index (χ1) is 15.5. The zero-order valence-corrected chi connectivity index (χ0v) is 20.9. The summed E-state index contributed by atoms with van der Waals surface area (Å²) in [6.45, 7) is 8.67. The van der Waals surface area contributed by atoms with Crippen molar-refractivity contribution in [3.05, 3.63) is 0 Å². The van der Waals surface area contributed by atoms with Gasteiger partial charge in [-0.05, 0) is 62.8 Å². The Labute approximate surface area is 198 Å². The number of nitrogens with two attached hydrogens (primary N) is 1. The van der Waals surface area contributed by atoms with Gasteiger partial charge in [0.25, 0.3) is 0 Å². The molecular formula is C25H47NO7. The summed E-state index contributed by atoms with van der Waals surface area (Å²) in [4.78, 5) is 23.2. The highest BCUT2D eigenvalue weighted by molar-refractivity contribution is 5.72. The molecule has 0 aliphatic heterocycles. The maximum absolute atomic E-state index is 12.5. The molecule has 0 saturated heterocycles. The Balaban J connectivity index is 0.00000172. The molecule has 9 atom stereocenters. The van der Waals surface area contributed by atoms with Crippen molar-refractivity contribution < 1.29 is 34.8 Å². The van der Waals surface area contributed by atoms with Gasteiger partial charge in [0.15, 0.2) is 0 Å². The van der Waals surface area contributed by atoms with Crippen LogP contribution in [0, 0.1) is 29.6 Å². The average molecular weight is 474 g/mol. The maximum atomic E-state index is 12.5. The lowest BCUT2D eigenvalue weighted by molar-refractivity contribution is -0.170. The van der Waals surface area contributed by atoms with Crippen molar-refractivity contribution >= 4 is 11.9 Å². The number of carbonyl (C=O) groups is 2. The van der Waals surface area contributed by atoms with Crippen molar-refractivity contribution in [1.82, 2.24) is 0 Å². The Kier molecular flexibility index (Phi) is 13.5. The Morgan fingerprint density at radius 1 is 1.12 bits per heavy atom. The second-order valence-corrected chi connectivity index (χ2v) is 10.1. The molecule has 8 heteroatoms. The van der Waals surface area contributed by atoms with E-state index in [1.54, 1.807) is 0 Å². The quantitative estimate of drug-likeness (QED) is 0.304. The molecule has 2 rings (SSSR count). The van der Waals surface area contributed by atoms with E-state index in [4.69, 9.17) is 15.6 Å². The normalized spacial score (nSPS) is 31.9. The predicted octanol–water partition coefficient (Wildman–Crippen LogP) is 2.71. The van der Waals surface area contributed by atoms with Crippen LogP contribution in [0.25, 0.3) is 0 Å². The molecule has 0 aromatic carbocycles. The lowest BCUT2D eigenvalue weighted by atomic mass is 9.59. The third-order valence-electron chi connectivity index (χ3n) is 7.34. The summed E-state index contributed by atoms with van der Waals surface area (Å²) in [6.07, 6.45) is 2.28. The second kappa shape index (κ2) is 14.9. The standard InChI is InChI=1S/C23H40O7.C2H7N/c1-4-13(2)23(29)30-20-11-17(25)9-15-6-5-14(3)19(22(15)20)8-7-16(24)10-18(26)12-21(27)28;1-2-3/h13-20,22,24-26H,4-12H2,1-3H3,(H,27,28);2-3H2,1H3/t13-,14-,15?,16+,17-,18+,19-,20-,22-;/m0./s1. The average Bonchev–Trinajstić information content (AvgIpc) is 2.72. The minimum Gasteiger partial charge on any atom is -0.481 e. The van der Waals surface area contributed by atoms with Gasteiger partial charge in [-0.25, -0.2) is 0 Å². The van der Waals surface area contributed by atoms with Crippen LogP contribution in [0.2, 0.25) is 0 Å². The van der Waals surface area contributed by atoms with Gasteiger partial charge in [-0.15, -0.1) is 0 Å². The van der Waals surface area contributed by atoms with Gasteiger partial charge in [0.2, 0.25) is 0 Å². The molecule has 1 unspecified atom stereocenters. The van der Waals surface area contributed by atoms with E-state index in [2.05, 4.69) is 6.92 Å². The Bertz CT molecular complexity index is 587. The van der Waals surface area contributed by atoms with Crippen molar-refractivity contribution in [2.75, 3.05) is 6.54 Å². The zero-order valence-electron chi connectivity index (χ0n) is 20.9. The predicted molar refractivity (Wildman–Crippen MR) is 126 cm³/mol. The first-order valence-corrected chi connectivity index (χ1v) is 12.7. The minimum atomic E-state index is -1.08. The van der Waals surface area contributed by atoms with E-state index in [0.29, 0.717) is 31.1 Å². The van der Waals surface area contributed by atoms with Gasteiger partial charge in [0.05, 0.1) is 30.7 Å². The Morgan fingerprint density at radius 2 is 1.76 bits per heavy atom. The molecule has 2 aliphatic rings. The summed E-state index contributed by atoms with van der Waals surface area (Å²) in [6, 6.07) is 0. The van der Waals surface area contributed by atoms with Crippen LogP contribution in [0.15, 0.2) is 0 Å². The largest absolute Gasteiger partial charge is 0.481 e. The van der Waals surface area contributed by atoms with Gasteiger partial charge in [-0.2, -0.15) is 0 Å². The van der Waals surface area contributed by atoms with Crippen molar-refractivity contribution in [3.8, 4) is 0 Å². The fourth-order valence-corrected chi connectivity index (χ4v) is 5.47. The molecule has 0 aromatic rings. The molecule has 0 spiro atoms. The van der Waals surface area contributed by atoms with Crippen LogP contribution in [0.4, 0.5) is 0 Å². The number of rotatable bonds is 10. The minimum absolute atomic E-state index is 0.0483. The van der Waals surface area contributed by atoms with Crippen LogP contribution >= 0.6 is 0 Å². The first-order valence-electron chi connectivity index (χ1n) is 12.7. The van der Waals surface area contributed by atoms with Crippen molar-refractivity contribution in [3.63, 3.8) is 0 Å². The number of hydrogen-bond donors (Lipinski definition) is 5. The number of hydrogen-bond acceptors (Lipinski definition) is 7. The number of carboxylic acids is 1. The lowest BCUT2D eigenvalue weighted by Crippen LogP contribution is -2.49. The SMILES string of the molecule is CCN.CC[C@H](C)C(=O)O[C@H]1C[C@@H](O)CC2CC[C@H](C)[C@H](CC[C@@H](O)C[C@@H](O)CC(=O)O)[C@H]21. The van der Waals surface area contributed by atoms with Gasteiger partial charge in [0, 0.05) is 12.3 Å². The molecule has 2 aliphatic carbocycles. The van der Waals surface area contributed by atoms with E-state index in [-0.39, 0.29) is 42.7 Å². The van der Waals surface area contributed by atoms with Crippen molar-refractivity contribution in [2.45, 2.75) is 110 Å². The molecule has 6 N–H and O–H groups in total. The van der Waals surface area contributed by atoms with Crippen LogP contribution in [0.3, 0.4) is 0 Å². The summed E-state index contributed by atoms with van der Waals surface area (Å²) in [5, 5.41) is 39.2. The first kappa shape index (κ1) is 29.8. The number of aliphatic carboxylic acids is 1. The number of aliphatic hydroxyl groups is 3. The van der Waals surface area contributed by atoms with Crippen molar-refractivity contribution in [2.24, 2.45) is 35.3 Å². The molecule has 2 fully saturated rings. The zero-order chi connectivity index (χ0) is 25.1. The third-order valence-corrected chi connectivity index (χ3v) is 7.34. The molecule has 0 bridgehead atoms. The summed E-state index contributed by atoms with van der Waals surface area (Å²) in [7, 11) is 0. The van der Waals surface area contributed by atoms with Crippen LogP contribution in [0.1, 0.15) is 85.5 Å². The van der Waals surface area contributed by atoms with Crippen LogP contribution < -0.4 is 5.73 Å². The van der Waals surface area contributed by atoms with Crippen LogP contribution in [-0.4, -0.2) is 63.3 Å². The van der Waals surface area contributed by atoms with Crippen LogP contribution in [-0.2, 0) is 14.3 Å². The molecule has 0 aromatic heterocycles. The maximum Gasteiger partial charge on any atom is 0.308 e. The Hall–Kier alpha value is -1.22. The molecule has 8 nitrogen and oxygen atoms in total.